The minimum absolute atomic E-state index is 0.00193. The fourth-order valence-corrected chi connectivity index (χ4v) is 5.33. The van der Waals surface area contributed by atoms with E-state index in [0.717, 1.165) is 50.6 Å². The van der Waals surface area contributed by atoms with Crippen molar-refractivity contribution in [1.82, 2.24) is 20.4 Å². The molecule has 1 spiro atoms. The van der Waals surface area contributed by atoms with Crippen LogP contribution in [0.2, 0.25) is 0 Å². The molecule has 2 aliphatic heterocycles. The van der Waals surface area contributed by atoms with Crippen LogP contribution in [0.15, 0.2) is 29.3 Å². The van der Waals surface area contributed by atoms with Crippen LogP contribution >= 0.6 is 0 Å². The summed E-state index contributed by atoms with van der Waals surface area (Å²) in [6, 6.07) is 8.78. The molecule has 2 fully saturated rings. The van der Waals surface area contributed by atoms with Gasteiger partial charge in [0.05, 0.1) is 6.04 Å². The van der Waals surface area contributed by atoms with Gasteiger partial charge in [-0.05, 0) is 51.6 Å². The van der Waals surface area contributed by atoms with Gasteiger partial charge in [-0.2, -0.15) is 0 Å². The second-order valence-corrected chi connectivity index (χ2v) is 9.86. The maximum Gasteiger partial charge on any atom is 0.191 e. The van der Waals surface area contributed by atoms with Crippen molar-refractivity contribution < 1.29 is 4.74 Å². The average molecular weight is 428 g/mol. The molecule has 1 aliphatic carbocycles. The summed E-state index contributed by atoms with van der Waals surface area (Å²) >= 11 is 0. The van der Waals surface area contributed by atoms with Crippen LogP contribution in [-0.4, -0.2) is 74.2 Å². The van der Waals surface area contributed by atoms with Crippen LogP contribution in [0.1, 0.15) is 57.6 Å². The van der Waals surface area contributed by atoms with E-state index in [-0.39, 0.29) is 11.6 Å². The van der Waals surface area contributed by atoms with Gasteiger partial charge in [-0.15, -0.1) is 0 Å². The van der Waals surface area contributed by atoms with Gasteiger partial charge in [0.15, 0.2) is 5.96 Å². The van der Waals surface area contributed by atoms with Crippen molar-refractivity contribution in [3.05, 3.63) is 29.8 Å². The van der Waals surface area contributed by atoms with Crippen LogP contribution in [0.25, 0.3) is 0 Å². The molecule has 2 unspecified atom stereocenters. The molecule has 0 aromatic heterocycles. The van der Waals surface area contributed by atoms with Crippen molar-refractivity contribution in [3.63, 3.8) is 0 Å². The first-order valence-electron chi connectivity index (χ1n) is 12.3. The number of aliphatic imine (C=N–C) groups is 1. The van der Waals surface area contributed by atoms with E-state index in [0.29, 0.717) is 5.92 Å². The number of rotatable bonds is 6. The lowest BCUT2D eigenvalue weighted by Crippen LogP contribution is -2.47. The number of hydrogen-bond acceptors (Lipinski definition) is 4. The molecule has 1 saturated carbocycles. The first-order valence-corrected chi connectivity index (χ1v) is 12.3. The molecule has 31 heavy (non-hydrogen) atoms. The minimum atomic E-state index is -0.00193. The number of ether oxygens (including phenoxy) is 1. The summed E-state index contributed by atoms with van der Waals surface area (Å²) in [7, 11) is 2.21. The van der Waals surface area contributed by atoms with Gasteiger partial charge in [-0.3, -0.25) is 4.99 Å². The largest absolute Gasteiger partial charge is 0.487 e. The predicted molar refractivity (Wildman–Crippen MR) is 128 cm³/mol. The molecule has 2 heterocycles. The summed E-state index contributed by atoms with van der Waals surface area (Å²) in [5, 5.41) is 7.25. The zero-order valence-electron chi connectivity index (χ0n) is 19.7. The van der Waals surface area contributed by atoms with Crippen molar-refractivity contribution in [2.24, 2.45) is 10.9 Å². The van der Waals surface area contributed by atoms with Gasteiger partial charge in [0.2, 0.25) is 0 Å². The third kappa shape index (κ3) is 5.72. The van der Waals surface area contributed by atoms with Crippen molar-refractivity contribution in [3.8, 4) is 5.75 Å². The zero-order chi connectivity index (χ0) is 21.7. The van der Waals surface area contributed by atoms with Gasteiger partial charge >= 0.3 is 0 Å². The molecule has 0 amide bonds. The molecular weight excluding hydrogens is 386 g/mol. The Labute approximate surface area is 188 Å². The van der Waals surface area contributed by atoms with E-state index in [4.69, 9.17) is 9.73 Å². The lowest BCUT2D eigenvalue weighted by Gasteiger charge is -2.40. The molecule has 4 rings (SSSR count). The van der Waals surface area contributed by atoms with Crippen LogP contribution in [-0.2, 0) is 0 Å². The zero-order valence-corrected chi connectivity index (χ0v) is 19.7. The van der Waals surface area contributed by atoms with Crippen LogP contribution in [0.4, 0.5) is 0 Å². The third-order valence-electron chi connectivity index (χ3n) is 7.09. The highest BCUT2D eigenvalue weighted by atomic mass is 16.5. The number of nitrogens with zero attached hydrogens (tertiary/aromatic N) is 3. The molecule has 172 valence electrons. The van der Waals surface area contributed by atoms with Crippen LogP contribution < -0.4 is 15.4 Å². The topological polar surface area (TPSA) is 52.1 Å². The minimum Gasteiger partial charge on any atom is -0.487 e. The standard InChI is InChI=1S/C25H41N5O/c1-4-26-24(27-18-20(2)19-30-15-13-29(3)14-16-30)28-22-17-25(11-7-8-12-25)31-23-10-6-5-9-21(22)23/h5-6,9-10,20,22H,4,7-8,11-19H2,1-3H3,(H2,26,27,28). The highest BCUT2D eigenvalue weighted by Crippen LogP contribution is 2.46. The van der Waals surface area contributed by atoms with Crippen molar-refractivity contribution >= 4 is 5.96 Å². The lowest BCUT2D eigenvalue weighted by molar-refractivity contribution is 0.0396. The molecule has 6 heteroatoms. The molecule has 0 bridgehead atoms. The highest BCUT2D eigenvalue weighted by molar-refractivity contribution is 5.80. The molecule has 2 atom stereocenters. The van der Waals surface area contributed by atoms with Gasteiger partial charge in [0.1, 0.15) is 11.4 Å². The van der Waals surface area contributed by atoms with Gasteiger partial charge in [-0.1, -0.05) is 25.1 Å². The van der Waals surface area contributed by atoms with E-state index in [1.54, 1.807) is 0 Å². The van der Waals surface area contributed by atoms with E-state index in [1.807, 2.05) is 0 Å². The number of fused-ring (bicyclic) bond motifs is 1. The quantitative estimate of drug-likeness (QED) is 0.539. The summed E-state index contributed by atoms with van der Waals surface area (Å²) in [5.74, 6) is 2.53. The summed E-state index contributed by atoms with van der Waals surface area (Å²) in [5.41, 5.74) is 1.26. The molecule has 2 N–H and O–H groups in total. The first kappa shape index (κ1) is 22.4. The summed E-state index contributed by atoms with van der Waals surface area (Å²) < 4.78 is 6.53. The number of para-hydroxylation sites is 1. The van der Waals surface area contributed by atoms with Gasteiger partial charge in [-0.25, -0.2) is 0 Å². The number of benzene rings is 1. The Morgan fingerprint density at radius 1 is 1.19 bits per heavy atom. The van der Waals surface area contributed by atoms with Crippen LogP contribution in [0.5, 0.6) is 5.75 Å². The molecule has 1 saturated heterocycles. The number of hydrogen-bond donors (Lipinski definition) is 2. The molecule has 0 radical (unpaired) electrons. The summed E-state index contributed by atoms with van der Waals surface area (Å²) in [6.45, 7) is 12.0. The Morgan fingerprint density at radius 3 is 2.68 bits per heavy atom. The molecule has 1 aromatic rings. The Hall–Kier alpha value is -1.79. The monoisotopic (exact) mass is 427 g/mol. The number of nitrogens with one attached hydrogen (secondary N) is 2. The molecule has 3 aliphatic rings. The normalized spacial score (nSPS) is 25.1. The van der Waals surface area contributed by atoms with Crippen molar-refractivity contribution in [2.75, 3.05) is 52.9 Å². The average Bonchev–Trinajstić information content (AvgIpc) is 3.21. The Kier molecular flexibility index (Phi) is 7.39. The highest BCUT2D eigenvalue weighted by Gasteiger charge is 2.43. The SMILES string of the molecule is CCNC(=NCC(C)CN1CCN(C)CC1)NC1CC2(CCCC2)Oc2ccccc21. The maximum absolute atomic E-state index is 6.53. The Bertz CT molecular complexity index is 737. The first-order chi connectivity index (χ1) is 15.1. The smallest absolute Gasteiger partial charge is 0.191 e. The summed E-state index contributed by atoms with van der Waals surface area (Å²) in [6.07, 6.45) is 5.88. The van der Waals surface area contributed by atoms with E-state index < -0.39 is 0 Å². The number of likely N-dealkylation sites (N-methyl/N-ethyl adjacent to an activating group) is 1. The van der Waals surface area contributed by atoms with Crippen molar-refractivity contribution in [2.45, 2.75) is 57.6 Å². The second-order valence-electron chi connectivity index (χ2n) is 9.86. The Balaban J connectivity index is 1.41. The molecular formula is C25H41N5O. The second kappa shape index (κ2) is 10.2. The number of guanidine groups is 1. The van der Waals surface area contributed by atoms with E-state index in [2.05, 4.69) is 65.6 Å². The fourth-order valence-electron chi connectivity index (χ4n) is 5.33. The van der Waals surface area contributed by atoms with Gasteiger partial charge in [0, 0.05) is 57.8 Å². The lowest BCUT2D eigenvalue weighted by atomic mass is 9.86. The van der Waals surface area contributed by atoms with E-state index >= 15 is 0 Å². The van der Waals surface area contributed by atoms with E-state index in [1.165, 1.54) is 44.6 Å². The molecule has 1 aromatic carbocycles. The Morgan fingerprint density at radius 2 is 1.94 bits per heavy atom. The van der Waals surface area contributed by atoms with Gasteiger partial charge < -0.3 is 25.2 Å². The maximum atomic E-state index is 6.53. The van der Waals surface area contributed by atoms with E-state index in [9.17, 15) is 0 Å². The fraction of sp³-hybridized carbons (Fsp3) is 0.720. The van der Waals surface area contributed by atoms with Crippen LogP contribution in [0.3, 0.4) is 0 Å². The third-order valence-corrected chi connectivity index (χ3v) is 7.09. The van der Waals surface area contributed by atoms with Gasteiger partial charge in [0.25, 0.3) is 0 Å². The summed E-state index contributed by atoms with van der Waals surface area (Å²) in [4.78, 5) is 9.99. The number of piperazine rings is 1. The van der Waals surface area contributed by atoms with Crippen molar-refractivity contribution in [1.29, 1.82) is 0 Å². The van der Waals surface area contributed by atoms with Crippen LogP contribution in [0, 0.1) is 5.92 Å². The predicted octanol–water partition coefficient (Wildman–Crippen LogP) is 3.26. The molecule has 6 nitrogen and oxygen atoms in total.